The van der Waals surface area contributed by atoms with E-state index >= 15 is 0 Å². The molecular formula is C10H13ClN4. The van der Waals surface area contributed by atoms with Crippen molar-refractivity contribution in [3.63, 3.8) is 0 Å². The molecule has 0 amide bonds. The molecule has 0 N–H and O–H groups in total. The summed E-state index contributed by atoms with van der Waals surface area (Å²) in [5.41, 5.74) is 1.99. The quantitative estimate of drug-likeness (QED) is 0.735. The first-order chi connectivity index (χ1) is 7.09. The predicted molar refractivity (Wildman–Crippen MR) is 59.2 cm³/mol. The summed E-state index contributed by atoms with van der Waals surface area (Å²) in [7, 11) is 0. The summed E-state index contributed by atoms with van der Waals surface area (Å²) in [5, 5.41) is 4.20. The molecular weight excluding hydrogens is 212 g/mol. The van der Waals surface area contributed by atoms with E-state index in [1.807, 2.05) is 19.9 Å². The standard InChI is InChI=1S/C10H13ClN4/c1-6-4-9(7(2)8(3)11)15-10(14-6)12-5-13-15/h4-5,7-8H,1-3H3. The molecule has 0 radical (unpaired) electrons. The average molecular weight is 225 g/mol. The first-order valence-electron chi connectivity index (χ1n) is 4.91. The Morgan fingerprint density at radius 1 is 1.40 bits per heavy atom. The van der Waals surface area contributed by atoms with Gasteiger partial charge in [-0.25, -0.2) is 9.50 Å². The monoisotopic (exact) mass is 224 g/mol. The van der Waals surface area contributed by atoms with Crippen molar-refractivity contribution in [1.82, 2.24) is 19.6 Å². The predicted octanol–water partition coefficient (Wildman–Crippen LogP) is 2.16. The molecule has 2 aromatic heterocycles. The molecule has 2 aromatic rings. The first kappa shape index (κ1) is 10.4. The number of aromatic nitrogens is 4. The van der Waals surface area contributed by atoms with E-state index in [2.05, 4.69) is 22.0 Å². The molecule has 5 heteroatoms. The van der Waals surface area contributed by atoms with Gasteiger partial charge in [-0.3, -0.25) is 0 Å². The molecule has 80 valence electrons. The van der Waals surface area contributed by atoms with E-state index in [-0.39, 0.29) is 11.3 Å². The summed E-state index contributed by atoms with van der Waals surface area (Å²) in [6, 6.07) is 2.01. The number of aryl methyl sites for hydroxylation is 1. The minimum absolute atomic E-state index is 0.0548. The van der Waals surface area contributed by atoms with Crippen molar-refractivity contribution in [3.05, 3.63) is 23.8 Å². The highest BCUT2D eigenvalue weighted by molar-refractivity contribution is 6.20. The molecule has 4 nitrogen and oxygen atoms in total. The van der Waals surface area contributed by atoms with Gasteiger partial charge in [-0.2, -0.15) is 10.1 Å². The molecule has 2 rings (SSSR count). The maximum absolute atomic E-state index is 6.10. The molecule has 0 aromatic carbocycles. The number of hydrogen-bond donors (Lipinski definition) is 0. The molecule has 2 unspecified atom stereocenters. The fraction of sp³-hybridized carbons (Fsp3) is 0.500. The molecule has 0 bridgehead atoms. The summed E-state index contributed by atoms with van der Waals surface area (Å²) in [6.45, 7) is 6.00. The molecule has 0 spiro atoms. The van der Waals surface area contributed by atoms with Crippen LogP contribution in [0.1, 0.15) is 31.2 Å². The van der Waals surface area contributed by atoms with Crippen molar-refractivity contribution in [2.45, 2.75) is 32.1 Å². The number of hydrogen-bond acceptors (Lipinski definition) is 3. The lowest BCUT2D eigenvalue weighted by Gasteiger charge is -2.15. The molecule has 0 aliphatic heterocycles. The summed E-state index contributed by atoms with van der Waals surface area (Å²) in [4.78, 5) is 8.36. The van der Waals surface area contributed by atoms with Crippen LogP contribution < -0.4 is 0 Å². The van der Waals surface area contributed by atoms with Gasteiger partial charge < -0.3 is 0 Å². The minimum Gasteiger partial charge on any atom is -0.216 e. The second-order valence-corrected chi connectivity index (χ2v) is 4.45. The summed E-state index contributed by atoms with van der Waals surface area (Å²) < 4.78 is 1.75. The minimum atomic E-state index is 0.0548. The van der Waals surface area contributed by atoms with Crippen molar-refractivity contribution < 1.29 is 0 Å². The van der Waals surface area contributed by atoms with Crippen LogP contribution in [0.3, 0.4) is 0 Å². The Kier molecular flexibility index (Phi) is 2.61. The second kappa shape index (κ2) is 3.77. The number of nitrogens with zero attached hydrogens (tertiary/aromatic N) is 4. The summed E-state index contributed by atoms with van der Waals surface area (Å²) in [5.74, 6) is 0.853. The number of rotatable bonds is 2. The lowest BCUT2D eigenvalue weighted by molar-refractivity contribution is 0.675. The smallest absolute Gasteiger partial charge is 0.216 e. The third-order valence-electron chi connectivity index (χ3n) is 2.56. The molecule has 2 heterocycles. The number of halogens is 1. The van der Waals surface area contributed by atoms with E-state index < -0.39 is 0 Å². The van der Waals surface area contributed by atoms with Crippen LogP contribution >= 0.6 is 11.6 Å². The highest BCUT2D eigenvalue weighted by atomic mass is 35.5. The maximum atomic E-state index is 6.10. The van der Waals surface area contributed by atoms with Gasteiger partial charge in [-0.15, -0.1) is 11.6 Å². The van der Waals surface area contributed by atoms with Crippen LogP contribution in [0.5, 0.6) is 0 Å². The van der Waals surface area contributed by atoms with Gasteiger partial charge in [-0.05, 0) is 19.9 Å². The van der Waals surface area contributed by atoms with Gasteiger partial charge in [0, 0.05) is 17.0 Å². The Hall–Kier alpha value is -1.16. The van der Waals surface area contributed by atoms with Crippen molar-refractivity contribution in [2.75, 3.05) is 0 Å². The van der Waals surface area contributed by atoms with Crippen molar-refractivity contribution >= 4 is 17.4 Å². The zero-order chi connectivity index (χ0) is 11.0. The van der Waals surface area contributed by atoms with E-state index in [0.717, 1.165) is 11.4 Å². The Bertz CT molecular complexity index is 477. The summed E-state index contributed by atoms with van der Waals surface area (Å²) >= 11 is 6.10. The van der Waals surface area contributed by atoms with Crippen molar-refractivity contribution in [3.8, 4) is 0 Å². The van der Waals surface area contributed by atoms with Gasteiger partial charge in [0.15, 0.2) is 0 Å². The van der Waals surface area contributed by atoms with Gasteiger partial charge in [-0.1, -0.05) is 6.92 Å². The van der Waals surface area contributed by atoms with E-state index in [1.165, 1.54) is 6.33 Å². The molecule has 0 aliphatic carbocycles. The van der Waals surface area contributed by atoms with Crippen LogP contribution in [0.4, 0.5) is 0 Å². The lowest BCUT2D eigenvalue weighted by atomic mass is 10.0. The lowest BCUT2D eigenvalue weighted by Crippen LogP contribution is -2.12. The number of alkyl halides is 1. The topological polar surface area (TPSA) is 43.1 Å². The van der Waals surface area contributed by atoms with Gasteiger partial charge in [0.05, 0.1) is 5.69 Å². The second-order valence-electron chi connectivity index (χ2n) is 3.76. The summed E-state index contributed by atoms with van der Waals surface area (Å²) in [6.07, 6.45) is 1.51. The van der Waals surface area contributed by atoms with Crippen LogP contribution in [0, 0.1) is 6.92 Å². The Labute approximate surface area is 93.3 Å². The highest BCUT2D eigenvalue weighted by Gasteiger charge is 2.16. The normalized spacial score (nSPS) is 15.5. The maximum Gasteiger partial charge on any atom is 0.252 e. The van der Waals surface area contributed by atoms with E-state index in [0.29, 0.717) is 5.78 Å². The first-order valence-corrected chi connectivity index (χ1v) is 5.34. The van der Waals surface area contributed by atoms with E-state index in [1.54, 1.807) is 4.52 Å². The molecule has 0 aliphatic rings. The van der Waals surface area contributed by atoms with Gasteiger partial charge in [0.1, 0.15) is 6.33 Å². The van der Waals surface area contributed by atoms with Crippen LogP contribution in [0.25, 0.3) is 5.78 Å². The van der Waals surface area contributed by atoms with Crippen LogP contribution in [-0.2, 0) is 0 Å². The number of fused-ring (bicyclic) bond motifs is 1. The average Bonchev–Trinajstić information content (AvgIpc) is 2.62. The molecule has 0 fully saturated rings. The van der Waals surface area contributed by atoms with Crippen LogP contribution in [0.15, 0.2) is 12.4 Å². The third kappa shape index (κ3) is 1.81. The van der Waals surface area contributed by atoms with Crippen LogP contribution in [0.2, 0.25) is 0 Å². The van der Waals surface area contributed by atoms with Crippen molar-refractivity contribution in [1.29, 1.82) is 0 Å². The highest BCUT2D eigenvalue weighted by Crippen LogP contribution is 2.23. The van der Waals surface area contributed by atoms with Gasteiger partial charge >= 0.3 is 0 Å². The molecule has 15 heavy (non-hydrogen) atoms. The fourth-order valence-corrected chi connectivity index (χ4v) is 1.65. The Morgan fingerprint density at radius 2 is 2.13 bits per heavy atom. The van der Waals surface area contributed by atoms with Gasteiger partial charge in [0.25, 0.3) is 5.78 Å². The molecule has 0 saturated heterocycles. The Morgan fingerprint density at radius 3 is 2.80 bits per heavy atom. The molecule has 0 saturated carbocycles. The zero-order valence-electron chi connectivity index (χ0n) is 8.98. The SMILES string of the molecule is Cc1cc(C(C)C(C)Cl)n2ncnc2n1. The largest absolute Gasteiger partial charge is 0.252 e. The van der Waals surface area contributed by atoms with Gasteiger partial charge in [0.2, 0.25) is 0 Å². The molecule has 2 atom stereocenters. The Balaban J connectivity index is 2.62. The van der Waals surface area contributed by atoms with Crippen molar-refractivity contribution in [2.24, 2.45) is 0 Å². The van der Waals surface area contributed by atoms with E-state index in [4.69, 9.17) is 11.6 Å². The zero-order valence-corrected chi connectivity index (χ0v) is 9.73. The third-order valence-corrected chi connectivity index (χ3v) is 2.94. The fourth-order valence-electron chi connectivity index (χ4n) is 1.52. The van der Waals surface area contributed by atoms with Crippen LogP contribution in [-0.4, -0.2) is 25.0 Å². The van der Waals surface area contributed by atoms with E-state index in [9.17, 15) is 0 Å².